The monoisotopic (exact) mass is 334 g/mol. The molecule has 0 aliphatic carbocycles. The Kier molecular flexibility index (Phi) is 4.99. The highest BCUT2D eigenvalue weighted by molar-refractivity contribution is 8.01. The Balaban J connectivity index is 1.71. The minimum atomic E-state index is -0.769. The van der Waals surface area contributed by atoms with Gasteiger partial charge >= 0.3 is 5.97 Å². The predicted molar refractivity (Wildman–Crippen MR) is 94.5 cm³/mol. The van der Waals surface area contributed by atoms with Crippen molar-refractivity contribution in [2.24, 2.45) is 0 Å². The van der Waals surface area contributed by atoms with Crippen LogP contribution < -0.4 is 5.32 Å². The van der Waals surface area contributed by atoms with E-state index in [1.165, 1.54) is 43.5 Å². The minimum Gasteiger partial charge on any atom is -0.480 e. The van der Waals surface area contributed by atoms with Crippen LogP contribution in [0.1, 0.15) is 49.6 Å². The Morgan fingerprint density at radius 3 is 2.74 bits per heavy atom. The van der Waals surface area contributed by atoms with Crippen molar-refractivity contribution in [1.29, 1.82) is 0 Å². The molecule has 2 heterocycles. The normalized spacial score (nSPS) is 27.9. The third-order valence-corrected chi connectivity index (χ3v) is 6.28. The Labute approximate surface area is 142 Å². The minimum absolute atomic E-state index is 0.0485. The average Bonchev–Trinajstić information content (AvgIpc) is 2.84. The van der Waals surface area contributed by atoms with Crippen molar-refractivity contribution in [2.45, 2.75) is 55.8 Å². The van der Waals surface area contributed by atoms with Crippen molar-refractivity contribution in [3.05, 3.63) is 35.4 Å². The molecular weight excluding hydrogens is 308 g/mol. The van der Waals surface area contributed by atoms with Crippen molar-refractivity contribution >= 4 is 17.7 Å². The molecule has 0 amide bonds. The van der Waals surface area contributed by atoms with Gasteiger partial charge in [-0.25, -0.2) is 0 Å². The number of piperidine rings is 1. The summed E-state index contributed by atoms with van der Waals surface area (Å²) < 4.78 is -0.306. The van der Waals surface area contributed by atoms with Crippen LogP contribution in [-0.4, -0.2) is 39.9 Å². The van der Waals surface area contributed by atoms with Crippen LogP contribution in [0.15, 0.2) is 24.3 Å². The number of hydrogen-bond donors (Lipinski definition) is 2. The molecule has 0 bridgehead atoms. The van der Waals surface area contributed by atoms with E-state index in [1.54, 1.807) is 11.8 Å². The number of aliphatic carboxylic acids is 1. The maximum atomic E-state index is 11.4. The van der Waals surface area contributed by atoms with Crippen LogP contribution in [0, 0.1) is 0 Å². The summed E-state index contributed by atoms with van der Waals surface area (Å²) in [4.78, 5) is 14.0. The molecule has 2 aliphatic rings. The van der Waals surface area contributed by atoms with Crippen molar-refractivity contribution in [1.82, 2.24) is 10.2 Å². The van der Waals surface area contributed by atoms with Gasteiger partial charge in [-0.1, -0.05) is 30.7 Å². The lowest BCUT2D eigenvalue weighted by molar-refractivity contribution is -0.139. The molecule has 0 radical (unpaired) electrons. The number of carboxylic acids is 1. The SMILES string of the molecule is CC1(C)SC(c2cccc(CN3CCCCC3)c2)NC1C(=O)O. The first-order chi connectivity index (χ1) is 11.0. The first-order valence-corrected chi connectivity index (χ1v) is 9.31. The van der Waals surface area contributed by atoms with Gasteiger partial charge in [-0.2, -0.15) is 0 Å². The lowest BCUT2D eigenvalue weighted by atomic mass is 10.0. The van der Waals surface area contributed by atoms with Gasteiger partial charge in [-0.15, -0.1) is 11.8 Å². The van der Waals surface area contributed by atoms with E-state index in [4.69, 9.17) is 0 Å². The molecule has 23 heavy (non-hydrogen) atoms. The summed E-state index contributed by atoms with van der Waals surface area (Å²) in [6.45, 7) is 7.38. The number of carbonyl (C=O) groups is 1. The number of carboxylic acid groups (broad SMARTS) is 1. The molecule has 1 aromatic carbocycles. The van der Waals surface area contributed by atoms with Gasteiger partial charge in [0.2, 0.25) is 0 Å². The number of hydrogen-bond acceptors (Lipinski definition) is 4. The first kappa shape index (κ1) is 16.8. The molecule has 2 N–H and O–H groups in total. The lowest BCUT2D eigenvalue weighted by Crippen LogP contribution is -2.43. The van der Waals surface area contributed by atoms with E-state index >= 15 is 0 Å². The smallest absolute Gasteiger partial charge is 0.322 e. The molecular formula is C18H26N2O2S. The number of nitrogens with zero attached hydrogens (tertiary/aromatic N) is 1. The summed E-state index contributed by atoms with van der Waals surface area (Å²) >= 11 is 1.71. The van der Waals surface area contributed by atoms with Gasteiger partial charge in [0.1, 0.15) is 6.04 Å². The molecule has 2 aliphatic heterocycles. The van der Waals surface area contributed by atoms with Crippen molar-refractivity contribution < 1.29 is 9.90 Å². The van der Waals surface area contributed by atoms with E-state index < -0.39 is 12.0 Å². The fraction of sp³-hybridized carbons (Fsp3) is 0.611. The number of thioether (sulfide) groups is 1. The molecule has 126 valence electrons. The van der Waals surface area contributed by atoms with Crippen molar-refractivity contribution in [3.63, 3.8) is 0 Å². The topological polar surface area (TPSA) is 52.6 Å². The summed E-state index contributed by atoms with van der Waals surface area (Å²) in [6.07, 6.45) is 3.95. The third-order valence-electron chi connectivity index (χ3n) is 4.79. The lowest BCUT2D eigenvalue weighted by Gasteiger charge is -2.26. The van der Waals surface area contributed by atoms with Crippen molar-refractivity contribution in [2.75, 3.05) is 13.1 Å². The molecule has 1 aromatic rings. The highest BCUT2D eigenvalue weighted by Gasteiger charge is 2.45. The molecule has 5 heteroatoms. The third kappa shape index (κ3) is 3.90. The van der Waals surface area contributed by atoms with Gasteiger partial charge < -0.3 is 5.11 Å². The number of rotatable bonds is 4. The Morgan fingerprint density at radius 2 is 2.09 bits per heavy atom. The zero-order valence-electron chi connectivity index (χ0n) is 13.9. The Morgan fingerprint density at radius 1 is 1.35 bits per heavy atom. The number of nitrogens with one attached hydrogen (secondary N) is 1. The zero-order valence-corrected chi connectivity index (χ0v) is 14.7. The van der Waals surface area contributed by atoms with Crippen LogP contribution in [0.25, 0.3) is 0 Å². The average molecular weight is 334 g/mol. The van der Waals surface area contributed by atoms with Crippen LogP contribution in [0.5, 0.6) is 0 Å². The molecule has 2 unspecified atom stereocenters. The molecule has 0 spiro atoms. The summed E-state index contributed by atoms with van der Waals surface area (Å²) in [7, 11) is 0. The first-order valence-electron chi connectivity index (χ1n) is 8.43. The molecule has 4 nitrogen and oxygen atoms in total. The van der Waals surface area contributed by atoms with E-state index in [0.29, 0.717) is 0 Å². The molecule has 0 aromatic heterocycles. The molecule has 3 rings (SSSR count). The molecule has 2 saturated heterocycles. The maximum Gasteiger partial charge on any atom is 0.322 e. The van der Waals surface area contributed by atoms with Gasteiger partial charge in [0.15, 0.2) is 0 Å². The second kappa shape index (κ2) is 6.83. The van der Waals surface area contributed by atoms with Crippen LogP contribution in [0.3, 0.4) is 0 Å². The van der Waals surface area contributed by atoms with E-state index in [-0.39, 0.29) is 10.1 Å². The maximum absolute atomic E-state index is 11.4. The molecule has 2 atom stereocenters. The van der Waals surface area contributed by atoms with Gasteiger partial charge in [-0.05, 0) is 50.9 Å². The summed E-state index contributed by atoms with van der Waals surface area (Å²) in [5.41, 5.74) is 2.50. The summed E-state index contributed by atoms with van der Waals surface area (Å²) in [5, 5.41) is 12.7. The van der Waals surface area contributed by atoms with E-state index in [9.17, 15) is 9.90 Å². The highest BCUT2D eigenvalue weighted by Crippen LogP contribution is 2.45. The van der Waals surface area contributed by atoms with Gasteiger partial charge in [0.05, 0.1) is 5.37 Å². The van der Waals surface area contributed by atoms with Crippen LogP contribution in [-0.2, 0) is 11.3 Å². The summed E-state index contributed by atoms with van der Waals surface area (Å²) in [5.74, 6) is -0.769. The Hall–Kier alpha value is -1.04. The number of benzene rings is 1. The van der Waals surface area contributed by atoms with E-state index in [0.717, 1.165) is 6.54 Å². The zero-order chi connectivity index (χ0) is 16.4. The van der Waals surface area contributed by atoms with E-state index in [2.05, 4.69) is 34.5 Å². The number of likely N-dealkylation sites (tertiary alicyclic amines) is 1. The predicted octanol–water partition coefficient (Wildman–Crippen LogP) is 3.24. The van der Waals surface area contributed by atoms with Gasteiger partial charge in [-0.3, -0.25) is 15.0 Å². The largest absolute Gasteiger partial charge is 0.480 e. The molecule has 0 saturated carbocycles. The Bertz CT molecular complexity index is 570. The van der Waals surface area contributed by atoms with Crippen LogP contribution in [0.2, 0.25) is 0 Å². The fourth-order valence-electron chi connectivity index (χ4n) is 3.52. The van der Waals surface area contributed by atoms with E-state index in [1.807, 2.05) is 13.8 Å². The fourth-order valence-corrected chi connectivity index (χ4v) is 4.92. The standard InChI is InChI=1S/C18H26N2O2S/c1-18(2)15(17(21)22)19-16(23-18)14-8-6-7-13(11-14)12-20-9-4-3-5-10-20/h6-8,11,15-16,19H,3-5,9-10,12H2,1-2H3,(H,21,22). The van der Waals surface area contributed by atoms with Crippen LogP contribution in [0.4, 0.5) is 0 Å². The van der Waals surface area contributed by atoms with Crippen molar-refractivity contribution in [3.8, 4) is 0 Å². The summed E-state index contributed by atoms with van der Waals surface area (Å²) in [6, 6.07) is 8.10. The van der Waals surface area contributed by atoms with Gasteiger partial charge in [0, 0.05) is 11.3 Å². The second-order valence-electron chi connectivity index (χ2n) is 7.12. The molecule has 2 fully saturated rings. The second-order valence-corrected chi connectivity index (χ2v) is 8.88. The van der Waals surface area contributed by atoms with Gasteiger partial charge in [0.25, 0.3) is 0 Å². The van der Waals surface area contributed by atoms with Crippen LogP contribution >= 0.6 is 11.8 Å². The quantitative estimate of drug-likeness (QED) is 0.885. The highest BCUT2D eigenvalue weighted by atomic mass is 32.2.